The lowest BCUT2D eigenvalue weighted by atomic mass is 10.2. The maximum Gasteiger partial charge on any atom is 0.191 e. The second kappa shape index (κ2) is 9.85. The molecule has 1 aromatic carbocycles. The van der Waals surface area contributed by atoms with E-state index < -0.39 is 0 Å². The monoisotopic (exact) mass is 466 g/mol. The first kappa shape index (κ1) is 19.8. The van der Waals surface area contributed by atoms with Gasteiger partial charge in [-0.25, -0.2) is 14.4 Å². The quantitative estimate of drug-likeness (QED) is 0.345. The summed E-state index contributed by atoms with van der Waals surface area (Å²) < 4.78 is 14.8. The van der Waals surface area contributed by atoms with E-state index in [4.69, 9.17) is 0 Å². The van der Waals surface area contributed by atoms with Crippen molar-refractivity contribution in [2.45, 2.75) is 13.1 Å². The number of benzene rings is 1. The van der Waals surface area contributed by atoms with Gasteiger partial charge in [0.25, 0.3) is 0 Å². The summed E-state index contributed by atoms with van der Waals surface area (Å²) >= 11 is 0. The van der Waals surface area contributed by atoms with E-state index in [1.807, 2.05) is 22.9 Å². The standard InChI is InChI=1S/C18H19FN6.HI/c1-20-18(23-11-14-2-4-16(19)5-3-14)24-12-15-6-7-22-17(10-15)25-9-8-21-13-25;/h2-10,13H,11-12H2,1H3,(H2,20,23,24);1H. The number of halogens is 2. The van der Waals surface area contributed by atoms with Gasteiger partial charge in [-0.3, -0.25) is 9.56 Å². The van der Waals surface area contributed by atoms with Gasteiger partial charge in [-0.1, -0.05) is 12.1 Å². The average Bonchev–Trinajstić information content (AvgIpc) is 3.18. The fourth-order valence-corrected chi connectivity index (χ4v) is 2.30. The smallest absolute Gasteiger partial charge is 0.191 e. The summed E-state index contributed by atoms with van der Waals surface area (Å²) in [5.74, 6) is 1.24. The SMILES string of the molecule is CN=C(NCc1ccc(F)cc1)NCc1ccnc(-n2ccnc2)c1.I. The molecule has 0 bridgehead atoms. The number of rotatable bonds is 5. The van der Waals surface area contributed by atoms with Gasteiger partial charge < -0.3 is 10.6 Å². The summed E-state index contributed by atoms with van der Waals surface area (Å²) in [6.45, 7) is 1.17. The van der Waals surface area contributed by atoms with Crippen LogP contribution in [0.15, 0.2) is 66.3 Å². The first-order valence-corrected chi connectivity index (χ1v) is 7.87. The molecule has 0 atom stereocenters. The van der Waals surface area contributed by atoms with E-state index in [2.05, 4.69) is 25.6 Å². The Morgan fingerprint density at radius 1 is 1.08 bits per heavy atom. The van der Waals surface area contributed by atoms with Crippen molar-refractivity contribution in [1.82, 2.24) is 25.2 Å². The lowest BCUT2D eigenvalue weighted by molar-refractivity contribution is 0.626. The minimum atomic E-state index is -0.238. The van der Waals surface area contributed by atoms with E-state index >= 15 is 0 Å². The van der Waals surface area contributed by atoms with Crippen molar-refractivity contribution in [2.24, 2.45) is 4.99 Å². The van der Waals surface area contributed by atoms with Crippen LogP contribution in [0.5, 0.6) is 0 Å². The van der Waals surface area contributed by atoms with Crippen LogP contribution in [0.2, 0.25) is 0 Å². The fourth-order valence-electron chi connectivity index (χ4n) is 2.30. The number of aromatic nitrogens is 3. The van der Waals surface area contributed by atoms with Gasteiger partial charge >= 0.3 is 0 Å². The zero-order valence-corrected chi connectivity index (χ0v) is 16.6. The highest BCUT2D eigenvalue weighted by Gasteiger charge is 2.02. The molecule has 26 heavy (non-hydrogen) atoms. The predicted octanol–water partition coefficient (Wildman–Crippen LogP) is 2.89. The molecule has 0 spiro atoms. The van der Waals surface area contributed by atoms with Crippen LogP contribution < -0.4 is 10.6 Å². The largest absolute Gasteiger partial charge is 0.352 e. The van der Waals surface area contributed by atoms with Crippen molar-refractivity contribution in [2.75, 3.05) is 7.05 Å². The van der Waals surface area contributed by atoms with Gasteiger partial charge in [-0.2, -0.15) is 0 Å². The van der Waals surface area contributed by atoms with Gasteiger partial charge in [0, 0.05) is 38.7 Å². The van der Waals surface area contributed by atoms with E-state index in [9.17, 15) is 4.39 Å². The normalized spacial score (nSPS) is 10.9. The van der Waals surface area contributed by atoms with Crippen molar-refractivity contribution in [3.05, 3.63) is 78.3 Å². The minimum absolute atomic E-state index is 0. The Kier molecular flexibility index (Phi) is 7.52. The Bertz CT molecular complexity index is 833. The highest BCUT2D eigenvalue weighted by atomic mass is 127. The molecule has 0 aliphatic carbocycles. The Labute approximate surface area is 168 Å². The molecule has 0 unspecified atom stereocenters. The molecule has 136 valence electrons. The number of imidazole rings is 1. The van der Waals surface area contributed by atoms with Gasteiger partial charge in [0.2, 0.25) is 0 Å². The highest BCUT2D eigenvalue weighted by molar-refractivity contribution is 14.0. The summed E-state index contributed by atoms with van der Waals surface area (Å²) in [6, 6.07) is 10.3. The van der Waals surface area contributed by atoms with Crippen LogP contribution in [0.3, 0.4) is 0 Å². The molecule has 3 aromatic rings. The fraction of sp³-hybridized carbons (Fsp3) is 0.167. The van der Waals surface area contributed by atoms with Crippen LogP contribution >= 0.6 is 24.0 Å². The van der Waals surface area contributed by atoms with E-state index in [0.717, 1.165) is 16.9 Å². The van der Waals surface area contributed by atoms with Gasteiger partial charge in [0.05, 0.1) is 0 Å². The van der Waals surface area contributed by atoms with Crippen molar-refractivity contribution in [1.29, 1.82) is 0 Å². The third-order valence-electron chi connectivity index (χ3n) is 3.64. The minimum Gasteiger partial charge on any atom is -0.352 e. The number of hydrogen-bond acceptors (Lipinski definition) is 3. The number of pyridine rings is 1. The number of hydrogen-bond donors (Lipinski definition) is 2. The lowest BCUT2D eigenvalue weighted by Gasteiger charge is -2.12. The molecule has 3 rings (SSSR count). The highest BCUT2D eigenvalue weighted by Crippen LogP contribution is 2.07. The van der Waals surface area contributed by atoms with Crippen LogP contribution in [0, 0.1) is 5.82 Å². The van der Waals surface area contributed by atoms with Crippen molar-refractivity contribution in [3.63, 3.8) is 0 Å². The first-order valence-electron chi connectivity index (χ1n) is 7.87. The molecule has 0 saturated heterocycles. The van der Waals surface area contributed by atoms with Crippen LogP contribution in [-0.4, -0.2) is 27.5 Å². The van der Waals surface area contributed by atoms with E-state index in [0.29, 0.717) is 19.0 Å². The summed E-state index contributed by atoms with van der Waals surface area (Å²) in [5.41, 5.74) is 2.05. The average molecular weight is 466 g/mol. The number of nitrogens with zero attached hydrogens (tertiary/aromatic N) is 4. The van der Waals surface area contributed by atoms with Crippen LogP contribution in [0.4, 0.5) is 4.39 Å². The number of aliphatic imine (C=N–C) groups is 1. The maximum absolute atomic E-state index is 12.9. The molecule has 0 aliphatic heterocycles. The first-order chi connectivity index (χ1) is 12.2. The van der Waals surface area contributed by atoms with E-state index in [-0.39, 0.29) is 29.8 Å². The second-order valence-corrected chi connectivity index (χ2v) is 5.40. The molecule has 6 nitrogen and oxygen atoms in total. The molecule has 0 amide bonds. The van der Waals surface area contributed by atoms with Gasteiger partial charge in [0.1, 0.15) is 18.0 Å². The van der Waals surface area contributed by atoms with Crippen molar-refractivity contribution in [3.8, 4) is 5.82 Å². The van der Waals surface area contributed by atoms with Crippen LogP contribution in [0.1, 0.15) is 11.1 Å². The molecule has 0 radical (unpaired) electrons. The van der Waals surface area contributed by atoms with E-state index in [1.165, 1.54) is 12.1 Å². The van der Waals surface area contributed by atoms with Crippen LogP contribution in [0.25, 0.3) is 5.82 Å². The molecule has 2 N–H and O–H groups in total. The predicted molar refractivity (Wildman–Crippen MR) is 110 cm³/mol. The molecular formula is C18H20FIN6. The van der Waals surface area contributed by atoms with Gasteiger partial charge in [0.15, 0.2) is 5.96 Å². The molecule has 0 fully saturated rings. The van der Waals surface area contributed by atoms with Crippen molar-refractivity contribution >= 4 is 29.9 Å². The number of nitrogens with one attached hydrogen (secondary N) is 2. The zero-order chi connectivity index (χ0) is 17.5. The maximum atomic E-state index is 12.9. The van der Waals surface area contributed by atoms with E-state index in [1.54, 1.807) is 37.9 Å². The Balaban J connectivity index is 0.00000243. The van der Waals surface area contributed by atoms with Gasteiger partial charge in [-0.15, -0.1) is 24.0 Å². The molecule has 0 saturated carbocycles. The Morgan fingerprint density at radius 2 is 1.81 bits per heavy atom. The molecule has 2 heterocycles. The second-order valence-electron chi connectivity index (χ2n) is 5.40. The summed E-state index contributed by atoms with van der Waals surface area (Å²) in [4.78, 5) is 12.6. The molecule has 2 aromatic heterocycles. The third kappa shape index (κ3) is 5.51. The third-order valence-corrected chi connectivity index (χ3v) is 3.64. The number of guanidine groups is 1. The summed E-state index contributed by atoms with van der Waals surface area (Å²) in [7, 11) is 1.71. The topological polar surface area (TPSA) is 67.1 Å². The molecule has 8 heteroatoms. The summed E-state index contributed by atoms with van der Waals surface area (Å²) in [6.07, 6.45) is 7.04. The molecule has 0 aliphatic rings. The zero-order valence-electron chi connectivity index (χ0n) is 14.3. The van der Waals surface area contributed by atoms with Gasteiger partial charge in [-0.05, 0) is 35.4 Å². The van der Waals surface area contributed by atoms with Crippen molar-refractivity contribution < 1.29 is 4.39 Å². The lowest BCUT2D eigenvalue weighted by Crippen LogP contribution is -2.36. The Hall–Kier alpha value is -2.49. The summed E-state index contributed by atoms with van der Waals surface area (Å²) in [5, 5.41) is 6.46. The molecular weight excluding hydrogens is 446 g/mol. The Morgan fingerprint density at radius 3 is 2.46 bits per heavy atom. The van der Waals surface area contributed by atoms with Crippen LogP contribution in [-0.2, 0) is 13.1 Å².